The highest BCUT2D eigenvalue weighted by atomic mass is 32.2. The fraction of sp³-hybridized carbons (Fsp3) is 0.522. The van der Waals surface area contributed by atoms with E-state index in [0.717, 1.165) is 25.0 Å². The number of halogens is 1. The number of carbonyl (C=O) groups excluding carboxylic acids is 1. The molecule has 1 aromatic carbocycles. The van der Waals surface area contributed by atoms with Crippen molar-refractivity contribution < 1.29 is 35.9 Å². The largest absolute Gasteiger partial charge is 0.501 e. The molecule has 2 aromatic rings. The zero-order chi connectivity index (χ0) is 29.6. The molecule has 220 valence electrons. The van der Waals surface area contributed by atoms with E-state index < -0.39 is 54.6 Å². The molecule has 2 aliphatic heterocycles. The highest BCUT2D eigenvalue weighted by molar-refractivity contribution is 7.89. The molecule has 1 aromatic heterocycles. The van der Waals surface area contributed by atoms with Gasteiger partial charge in [-0.3, -0.25) is 14.2 Å². The molecule has 2 aliphatic rings. The van der Waals surface area contributed by atoms with Crippen LogP contribution in [0.2, 0.25) is 0 Å². The van der Waals surface area contributed by atoms with Crippen LogP contribution in [0.15, 0.2) is 27.9 Å². The van der Waals surface area contributed by atoms with Crippen molar-refractivity contribution in [2.24, 2.45) is 0 Å². The van der Waals surface area contributed by atoms with Gasteiger partial charge in [-0.15, -0.1) is 0 Å². The highest BCUT2D eigenvalue weighted by Gasteiger charge is 2.35. The van der Waals surface area contributed by atoms with E-state index in [0.29, 0.717) is 0 Å². The van der Waals surface area contributed by atoms with Crippen LogP contribution in [0, 0.1) is 5.82 Å². The Balaban J connectivity index is 1.51. The maximum Gasteiger partial charge on any atom is 0.296 e. The zero-order valence-corrected chi connectivity index (χ0v) is 24.1. The van der Waals surface area contributed by atoms with Crippen molar-refractivity contribution in [2.45, 2.75) is 37.4 Å². The van der Waals surface area contributed by atoms with Crippen LogP contribution in [-0.4, -0.2) is 97.2 Å². The second kappa shape index (κ2) is 10.8. The van der Waals surface area contributed by atoms with Crippen molar-refractivity contribution >= 4 is 26.1 Å². The first-order valence-electron chi connectivity index (χ1n) is 12.3. The molecule has 1 amide bonds. The average Bonchev–Trinajstić information content (AvgIpc) is 2.89. The number of aromatic hydroxyl groups is 1. The predicted octanol–water partition coefficient (Wildman–Crippen LogP) is -0.604. The number of piperazine rings is 1. The first-order chi connectivity index (χ1) is 18.6. The van der Waals surface area contributed by atoms with Crippen LogP contribution in [-0.2, 0) is 43.7 Å². The molecule has 1 saturated heterocycles. The second-order valence-electron chi connectivity index (χ2n) is 10.0. The number of aromatic nitrogens is 2. The SMILES string of the molecule is CN(C)S(=O)(=O)N1CCN(S(=O)(=O)c2cc(F)cc(CNC(=O)c3nc4n(c(=O)c3O)CCOC4(C)C)c2)CC1. The lowest BCUT2D eigenvalue weighted by atomic mass is 10.1. The van der Waals surface area contributed by atoms with Crippen LogP contribution in [0.1, 0.15) is 35.7 Å². The molecule has 3 heterocycles. The van der Waals surface area contributed by atoms with Gasteiger partial charge in [-0.2, -0.15) is 21.3 Å². The minimum Gasteiger partial charge on any atom is -0.501 e. The zero-order valence-electron chi connectivity index (χ0n) is 22.4. The van der Waals surface area contributed by atoms with Crippen molar-refractivity contribution in [3.8, 4) is 5.75 Å². The average molecular weight is 603 g/mol. The number of amides is 1. The van der Waals surface area contributed by atoms with Crippen LogP contribution in [0.3, 0.4) is 0 Å². The summed E-state index contributed by atoms with van der Waals surface area (Å²) in [6.07, 6.45) is 0. The van der Waals surface area contributed by atoms with E-state index in [2.05, 4.69) is 10.3 Å². The summed E-state index contributed by atoms with van der Waals surface area (Å²) in [6.45, 7) is 2.97. The monoisotopic (exact) mass is 602 g/mol. The van der Waals surface area contributed by atoms with Crippen LogP contribution < -0.4 is 10.9 Å². The van der Waals surface area contributed by atoms with E-state index in [-0.39, 0.29) is 62.2 Å². The lowest BCUT2D eigenvalue weighted by molar-refractivity contribution is -0.0566. The second-order valence-corrected chi connectivity index (χ2v) is 14.1. The van der Waals surface area contributed by atoms with Crippen LogP contribution >= 0.6 is 0 Å². The summed E-state index contributed by atoms with van der Waals surface area (Å²) in [5.41, 5.74) is -2.24. The molecule has 0 aliphatic carbocycles. The van der Waals surface area contributed by atoms with Crippen molar-refractivity contribution in [3.63, 3.8) is 0 Å². The third-order valence-corrected chi connectivity index (χ3v) is 10.5. The number of benzene rings is 1. The molecular formula is C23H31FN6O8S2. The van der Waals surface area contributed by atoms with Crippen molar-refractivity contribution in [1.29, 1.82) is 0 Å². The molecule has 0 atom stereocenters. The number of rotatable bonds is 7. The number of ether oxygens (including phenoxy) is 1. The Morgan fingerprint density at radius 2 is 1.73 bits per heavy atom. The summed E-state index contributed by atoms with van der Waals surface area (Å²) in [7, 11) is -5.14. The Morgan fingerprint density at radius 3 is 2.35 bits per heavy atom. The van der Waals surface area contributed by atoms with Gasteiger partial charge in [0.1, 0.15) is 17.2 Å². The standard InChI is InChI=1S/C23H31FN6O8S2/c1-23(2)22-26-18(19(31)21(33)30(22)9-10-38-23)20(32)25-14-15-11-16(24)13-17(12-15)39(34,35)28-5-7-29(8-6-28)40(36,37)27(3)4/h11-13,31H,5-10,14H2,1-4H3,(H,25,32). The molecule has 0 spiro atoms. The van der Waals surface area contributed by atoms with Crippen LogP contribution in [0.25, 0.3) is 0 Å². The predicted molar refractivity (Wildman–Crippen MR) is 140 cm³/mol. The van der Waals surface area contributed by atoms with Crippen molar-refractivity contribution in [2.75, 3.05) is 46.9 Å². The van der Waals surface area contributed by atoms with Gasteiger partial charge in [0, 0.05) is 46.8 Å². The summed E-state index contributed by atoms with van der Waals surface area (Å²) < 4.78 is 75.7. The molecule has 1 fully saturated rings. The van der Waals surface area contributed by atoms with Gasteiger partial charge in [-0.05, 0) is 37.6 Å². The van der Waals surface area contributed by atoms with E-state index in [4.69, 9.17) is 4.74 Å². The van der Waals surface area contributed by atoms with Crippen molar-refractivity contribution in [3.05, 3.63) is 51.5 Å². The van der Waals surface area contributed by atoms with Gasteiger partial charge in [0.25, 0.3) is 21.7 Å². The molecule has 17 heteroatoms. The van der Waals surface area contributed by atoms with E-state index in [1.807, 2.05) is 0 Å². The molecule has 14 nitrogen and oxygen atoms in total. The number of hydrogen-bond acceptors (Lipinski definition) is 9. The van der Waals surface area contributed by atoms with E-state index in [9.17, 15) is 35.9 Å². The normalized spacial score (nSPS) is 18.4. The molecule has 4 rings (SSSR count). The Bertz CT molecular complexity index is 1600. The summed E-state index contributed by atoms with van der Waals surface area (Å²) in [5, 5.41) is 12.8. The fourth-order valence-electron chi connectivity index (χ4n) is 4.49. The van der Waals surface area contributed by atoms with E-state index >= 15 is 0 Å². The fourth-order valence-corrected chi connectivity index (χ4v) is 7.08. The number of hydrogen-bond donors (Lipinski definition) is 2. The molecule has 0 radical (unpaired) electrons. The first kappa shape index (κ1) is 30.0. The Morgan fingerprint density at radius 1 is 1.10 bits per heavy atom. The minimum absolute atomic E-state index is 0.0723. The summed E-state index contributed by atoms with van der Waals surface area (Å²) >= 11 is 0. The molecular weight excluding hydrogens is 571 g/mol. The van der Waals surface area contributed by atoms with Crippen molar-refractivity contribution in [1.82, 2.24) is 27.8 Å². The third-order valence-electron chi connectivity index (χ3n) is 6.68. The summed E-state index contributed by atoms with van der Waals surface area (Å²) in [6, 6.07) is 3.06. The van der Waals surface area contributed by atoms with Gasteiger partial charge in [0.05, 0.1) is 18.0 Å². The quantitative estimate of drug-likeness (QED) is 0.420. The maximum absolute atomic E-state index is 14.5. The van der Waals surface area contributed by atoms with Gasteiger partial charge in [-0.25, -0.2) is 17.8 Å². The van der Waals surface area contributed by atoms with Gasteiger partial charge in [0.2, 0.25) is 15.8 Å². The Hall–Kier alpha value is -2.96. The number of fused-ring (bicyclic) bond motifs is 1. The lowest BCUT2D eigenvalue weighted by Crippen LogP contribution is -2.52. The number of nitrogens with zero attached hydrogens (tertiary/aromatic N) is 5. The number of sulfonamides is 1. The topological polar surface area (TPSA) is 171 Å². The van der Waals surface area contributed by atoms with E-state index in [1.54, 1.807) is 13.8 Å². The van der Waals surface area contributed by atoms with Gasteiger partial charge in [-0.1, -0.05) is 0 Å². The Labute approximate surface area is 231 Å². The number of nitrogens with one attached hydrogen (secondary N) is 1. The van der Waals surface area contributed by atoms with Crippen LogP contribution in [0.5, 0.6) is 5.75 Å². The summed E-state index contributed by atoms with van der Waals surface area (Å²) in [5.74, 6) is -2.49. The van der Waals surface area contributed by atoms with Gasteiger partial charge < -0.3 is 15.2 Å². The van der Waals surface area contributed by atoms with Crippen LogP contribution in [0.4, 0.5) is 4.39 Å². The van der Waals surface area contributed by atoms with Gasteiger partial charge in [0.15, 0.2) is 5.69 Å². The third kappa shape index (κ3) is 5.61. The first-order valence-corrected chi connectivity index (χ1v) is 15.1. The van der Waals surface area contributed by atoms with Gasteiger partial charge >= 0.3 is 0 Å². The number of carbonyl (C=O) groups is 1. The lowest BCUT2D eigenvalue weighted by Gasteiger charge is -2.34. The summed E-state index contributed by atoms with van der Waals surface area (Å²) in [4.78, 5) is 29.3. The highest BCUT2D eigenvalue weighted by Crippen LogP contribution is 2.27. The molecule has 2 N–H and O–H groups in total. The smallest absolute Gasteiger partial charge is 0.296 e. The minimum atomic E-state index is -4.19. The maximum atomic E-state index is 14.5. The Kier molecular flexibility index (Phi) is 8.09. The molecule has 40 heavy (non-hydrogen) atoms. The molecule has 0 saturated carbocycles. The molecule has 0 bridgehead atoms. The van der Waals surface area contributed by atoms with E-state index in [1.165, 1.54) is 24.7 Å². The molecule has 0 unspecified atom stereocenters.